The minimum Gasteiger partial charge on any atom is -0.355 e. The molecule has 2 amide bonds. The first-order valence-electron chi connectivity index (χ1n) is 8.45. The van der Waals surface area contributed by atoms with E-state index in [2.05, 4.69) is 10.6 Å². The molecule has 1 aliphatic rings. The average molecular weight is 428 g/mol. The van der Waals surface area contributed by atoms with Crippen LogP contribution in [-0.4, -0.2) is 44.2 Å². The Morgan fingerprint density at radius 2 is 2.04 bits per heavy atom. The van der Waals surface area contributed by atoms with Gasteiger partial charge in [0.1, 0.15) is 15.3 Å². The van der Waals surface area contributed by atoms with E-state index in [1.807, 2.05) is 13.8 Å². The number of anilines is 1. The fourth-order valence-electron chi connectivity index (χ4n) is 3.12. The van der Waals surface area contributed by atoms with Crippen LogP contribution in [0.4, 0.5) is 5.00 Å². The van der Waals surface area contributed by atoms with Gasteiger partial charge in [-0.3, -0.25) is 9.59 Å². The standard InChI is InChI=1S/C17H21N3O4S3/c1-10-11(2)26-17(14(10)16(22)18-3)19-15(21)12-6-4-8-20(12)27(23,24)13-7-5-9-25-13/h5,7,9,12H,4,6,8H2,1-3H3,(H,18,22)(H,19,21). The monoisotopic (exact) mass is 427 g/mol. The maximum atomic E-state index is 12.9. The van der Waals surface area contributed by atoms with Gasteiger partial charge in [0.15, 0.2) is 0 Å². The molecular formula is C17H21N3O4S3. The van der Waals surface area contributed by atoms with Crippen LogP contribution in [0, 0.1) is 13.8 Å². The molecule has 0 radical (unpaired) electrons. The number of rotatable bonds is 5. The lowest BCUT2D eigenvalue weighted by Gasteiger charge is -2.22. The van der Waals surface area contributed by atoms with E-state index in [1.54, 1.807) is 17.5 Å². The molecule has 7 nitrogen and oxygen atoms in total. The summed E-state index contributed by atoms with van der Waals surface area (Å²) in [5.74, 6) is -0.680. The summed E-state index contributed by atoms with van der Waals surface area (Å²) in [6, 6.07) is 2.44. The molecule has 0 saturated carbocycles. The highest BCUT2D eigenvalue weighted by atomic mass is 32.2. The van der Waals surface area contributed by atoms with Gasteiger partial charge in [0.25, 0.3) is 15.9 Å². The van der Waals surface area contributed by atoms with Crippen molar-refractivity contribution in [3.8, 4) is 0 Å². The van der Waals surface area contributed by atoms with E-state index in [1.165, 1.54) is 22.7 Å². The number of carbonyl (C=O) groups excluding carboxylic acids is 2. The average Bonchev–Trinajstić information content (AvgIpc) is 3.36. The summed E-state index contributed by atoms with van der Waals surface area (Å²) >= 11 is 2.46. The van der Waals surface area contributed by atoms with E-state index in [4.69, 9.17) is 0 Å². The fourth-order valence-corrected chi connectivity index (χ4v) is 6.96. The zero-order chi connectivity index (χ0) is 19.8. The number of aryl methyl sites for hydroxylation is 1. The molecule has 2 N–H and O–H groups in total. The maximum Gasteiger partial charge on any atom is 0.254 e. The second-order valence-electron chi connectivity index (χ2n) is 6.26. The van der Waals surface area contributed by atoms with Crippen LogP contribution in [0.1, 0.15) is 33.6 Å². The molecule has 10 heteroatoms. The van der Waals surface area contributed by atoms with Crippen molar-refractivity contribution in [3.05, 3.63) is 33.5 Å². The van der Waals surface area contributed by atoms with Crippen LogP contribution in [0.15, 0.2) is 21.7 Å². The number of hydrogen-bond donors (Lipinski definition) is 2. The Hall–Kier alpha value is -1.75. The van der Waals surface area contributed by atoms with Crippen molar-refractivity contribution in [2.24, 2.45) is 0 Å². The van der Waals surface area contributed by atoms with Crippen molar-refractivity contribution in [1.82, 2.24) is 9.62 Å². The largest absolute Gasteiger partial charge is 0.355 e. The highest BCUT2D eigenvalue weighted by Gasteiger charge is 2.40. The third-order valence-corrected chi connectivity index (χ3v) is 9.04. The van der Waals surface area contributed by atoms with Gasteiger partial charge in [-0.15, -0.1) is 22.7 Å². The highest BCUT2D eigenvalue weighted by molar-refractivity contribution is 7.91. The third kappa shape index (κ3) is 3.66. The van der Waals surface area contributed by atoms with Crippen LogP contribution in [0.25, 0.3) is 0 Å². The summed E-state index contributed by atoms with van der Waals surface area (Å²) in [5.41, 5.74) is 1.24. The molecule has 27 heavy (non-hydrogen) atoms. The Labute approximate surface area is 166 Å². The lowest BCUT2D eigenvalue weighted by atomic mass is 10.1. The van der Waals surface area contributed by atoms with Crippen LogP contribution >= 0.6 is 22.7 Å². The predicted molar refractivity (Wildman–Crippen MR) is 107 cm³/mol. The van der Waals surface area contributed by atoms with E-state index in [0.29, 0.717) is 30.0 Å². The van der Waals surface area contributed by atoms with E-state index in [-0.39, 0.29) is 10.1 Å². The van der Waals surface area contributed by atoms with Crippen LogP contribution in [0.2, 0.25) is 0 Å². The molecule has 3 rings (SSSR count). The van der Waals surface area contributed by atoms with E-state index < -0.39 is 22.0 Å². The Bertz CT molecular complexity index is 964. The molecule has 1 fully saturated rings. The van der Waals surface area contributed by atoms with Crippen molar-refractivity contribution in [3.63, 3.8) is 0 Å². The number of nitrogens with one attached hydrogen (secondary N) is 2. The summed E-state index contributed by atoms with van der Waals surface area (Å²) in [4.78, 5) is 26.0. The first-order valence-corrected chi connectivity index (χ1v) is 11.6. The molecule has 0 bridgehead atoms. The second kappa shape index (κ2) is 7.70. The molecule has 1 saturated heterocycles. The quantitative estimate of drug-likeness (QED) is 0.767. The lowest BCUT2D eigenvalue weighted by Crippen LogP contribution is -2.43. The Balaban J connectivity index is 1.87. The van der Waals surface area contributed by atoms with Gasteiger partial charge in [0.05, 0.1) is 5.56 Å². The highest BCUT2D eigenvalue weighted by Crippen LogP contribution is 2.34. The van der Waals surface area contributed by atoms with Crippen LogP contribution in [0.3, 0.4) is 0 Å². The van der Waals surface area contributed by atoms with E-state index >= 15 is 0 Å². The topological polar surface area (TPSA) is 95.6 Å². The first kappa shape index (κ1) is 20.0. The number of carbonyl (C=O) groups is 2. The molecule has 3 heterocycles. The minimum atomic E-state index is -3.70. The minimum absolute atomic E-state index is 0.232. The number of thiophene rings is 2. The second-order valence-corrected chi connectivity index (χ2v) is 10.6. The third-order valence-electron chi connectivity index (χ3n) is 4.64. The summed E-state index contributed by atoms with van der Waals surface area (Å²) < 4.78 is 27.2. The van der Waals surface area contributed by atoms with Crippen molar-refractivity contribution in [2.45, 2.75) is 36.9 Å². The zero-order valence-corrected chi connectivity index (χ0v) is 17.7. The predicted octanol–water partition coefficient (Wildman–Crippen LogP) is 2.58. The van der Waals surface area contributed by atoms with E-state index in [0.717, 1.165) is 21.8 Å². The molecule has 1 unspecified atom stereocenters. The number of nitrogens with zero attached hydrogens (tertiary/aromatic N) is 1. The molecule has 2 aromatic rings. The molecule has 0 aliphatic carbocycles. The molecule has 1 atom stereocenters. The molecule has 146 valence electrons. The fraction of sp³-hybridized carbons (Fsp3) is 0.412. The van der Waals surface area contributed by atoms with Crippen LogP contribution < -0.4 is 10.6 Å². The van der Waals surface area contributed by atoms with Gasteiger partial charge in [-0.05, 0) is 43.7 Å². The Morgan fingerprint density at radius 3 is 2.67 bits per heavy atom. The Morgan fingerprint density at radius 1 is 1.30 bits per heavy atom. The van der Waals surface area contributed by atoms with Crippen LogP contribution in [0.5, 0.6) is 0 Å². The van der Waals surface area contributed by atoms with Gasteiger partial charge in [-0.1, -0.05) is 6.07 Å². The number of hydrogen-bond acceptors (Lipinski definition) is 6. The zero-order valence-electron chi connectivity index (χ0n) is 15.2. The Kier molecular flexibility index (Phi) is 5.71. The van der Waals surface area contributed by atoms with Crippen molar-refractivity contribution in [1.29, 1.82) is 0 Å². The lowest BCUT2D eigenvalue weighted by molar-refractivity contribution is -0.119. The molecule has 0 aromatic carbocycles. The van der Waals surface area contributed by atoms with Gasteiger partial charge in [0.2, 0.25) is 5.91 Å². The van der Waals surface area contributed by atoms with Gasteiger partial charge < -0.3 is 10.6 Å². The smallest absolute Gasteiger partial charge is 0.254 e. The van der Waals surface area contributed by atoms with Gasteiger partial charge >= 0.3 is 0 Å². The molecular weight excluding hydrogens is 406 g/mol. The van der Waals surface area contributed by atoms with Gasteiger partial charge in [-0.25, -0.2) is 8.42 Å². The normalized spacial score (nSPS) is 17.8. The number of amides is 2. The summed E-state index contributed by atoms with van der Waals surface area (Å²) in [6.45, 7) is 4.02. The molecule has 1 aliphatic heterocycles. The van der Waals surface area contributed by atoms with E-state index in [9.17, 15) is 18.0 Å². The maximum absolute atomic E-state index is 12.9. The van der Waals surface area contributed by atoms with Crippen molar-refractivity contribution in [2.75, 3.05) is 18.9 Å². The first-order chi connectivity index (χ1) is 12.8. The SMILES string of the molecule is CNC(=O)c1c(NC(=O)C2CCCN2S(=O)(=O)c2cccs2)sc(C)c1C. The summed E-state index contributed by atoms with van der Waals surface area (Å²) in [7, 11) is -2.17. The van der Waals surface area contributed by atoms with Gasteiger partial charge in [0, 0.05) is 18.5 Å². The summed E-state index contributed by atoms with van der Waals surface area (Å²) in [6.07, 6.45) is 1.07. The van der Waals surface area contributed by atoms with Gasteiger partial charge in [-0.2, -0.15) is 4.31 Å². The van der Waals surface area contributed by atoms with Crippen molar-refractivity contribution >= 4 is 49.5 Å². The summed E-state index contributed by atoms with van der Waals surface area (Å²) in [5, 5.41) is 7.53. The van der Waals surface area contributed by atoms with Crippen LogP contribution in [-0.2, 0) is 14.8 Å². The van der Waals surface area contributed by atoms with Crippen molar-refractivity contribution < 1.29 is 18.0 Å². The number of sulfonamides is 1. The molecule has 0 spiro atoms. The molecule has 2 aromatic heterocycles.